The van der Waals surface area contributed by atoms with Crippen LogP contribution >= 0.6 is 11.6 Å². The number of rotatable bonds is 5. The highest BCUT2D eigenvalue weighted by Crippen LogP contribution is 2.22. The number of aromatic nitrogens is 4. The average molecular weight is 295 g/mol. The Hall–Kier alpha value is -1.62. The summed E-state index contributed by atoms with van der Waals surface area (Å²) < 4.78 is 3.32. The fourth-order valence-electron chi connectivity index (χ4n) is 2.21. The first-order valence-corrected chi connectivity index (χ1v) is 7.12. The van der Waals surface area contributed by atoms with E-state index < -0.39 is 0 Å². The number of carbonyl (C=O) groups excluding carboxylic acids is 1. The molecule has 0 aliphatic carbocycles. The number of halogens is 1. The summed E-state index contributed by atoms with van der Waals surface area (Å²) in [6.45, 7) is 4.01. The first-order chi connectivity index (χ1) is 9.47. The lowest BCUT2D eigenvalue weighted by atomic mass is 10.1. The van der Waals surface area contributed by atoms with Crippen LogP contribution in [0.15, 0.2) is 6.07 Å². The second kappa shape index (κ2) is 5.79. The summed E-state index contributed by atoms with van der Waals surface area (Å²) >= 11 is 6.28. The van der Waals surface area contributed by atoms with E-state index in [1.807, 2.05) is 27.0 Å². The summed E-state index contributed by atoms with van der Waals surface area (Å²) in [6, 6.07) is 1.84. The van der Waals surface area contributed by atoms with Crippen LogP contribution < -0.4 is 0 Å². The van der Waals surface area contributed by atoms with Crippen molar-refractivity contribution >= 4 is 17.4 Å². The van der Waals surface area contributed by atoms with Gasteiger partial charge >= 0.3 is 0 Å². The van der Waals surface area contributed by atoms with E-state index in [1.165, 1.54) is 0 Å². The molecule has 0 N–H and O–H groups in total. The molecular weight excluding hydrogens is 276 g/mol. The standard InChI is InChI=1S/C14H19ClN4O/c1-5-9-7-11(18(3)16-9)13(20)8-12-14(15)10(6-2)17-19(12)4/h7H,5-6,8H2,1-4H3. The second-order valence-corrected chi connectivity index (χ2v) is 5.16. The Morgan fingerprint density at radius 1 is 1.20 bits per heavy atom. The number of carbonyl (C=O) groups is 1. The van der Waals surface area contributed by atoms with Crippen molar-refractivity contribution in [3.8, 4) is 0 Å². The van der Waals surface area contributed by atoms with Crippen molar-refractivity contribution in [1.29, 1.82) is 0 Å². The SMILES string of the molecule is CCc1cc(C(=O)Cc2c(Cl)c(CC)nn2C)n(C)n1. The van der Waals surface area contributed by atoms with Crippen LogP contribution in [0, 0.1) is 0 Å². The van der Waals surface area contributed by atoms with Gasteiger partial charge in [0.25, 0.3) is 0 Å². The van der Waals surface area contributed by atoms with Gasteiger partial charge < -0.3 is 0 Å². The van der Waals surface area contributed by atoms with E-state index in [1.54, 1.807) is 16.4 Å². The van der Waals surface area contributed by atoms with Gasteiger partial charge in [-0.05, 0) is 18.9 Å². The van der Waals surface area contributed by atoms with E-state index in [-0.39, 0.29) is 12.2 Å². The van der Waals surface area contributed by atoms with Crippen molar-refractivity contribution in [3.63, 3.8) is 0 Å². The summed E-state index contributed by atoms with van der Waals surface area (Å²) in [4.78, 5) is 12.4. The topological polar surface area (TPSA) is 52.7 Å². The maximum Gasteiger partial charge on any atom is 0.186 e. The molecule has 5 nitrogen and oxygen atoms in total. The number of hydrogen-bond donors (Lipinski definition) is 0. The highest BCUT2D eigenvalue weighted by Gasteiger charge is 2.19. The van der Waals surface area contributed by atoms with E-state index in [0.717, 1.165) is 29.9 Å². The summed E-state index contributed by atoms with van der Waals surface area (Å²) in [7, 11) is 3.60. The minimum atomic E-state index is 0.00672. The van der Waals surface area contributed by atoms with Crippen LogP contribution in [0.2, 0.25) is 5.02 Å². The Bertz CT molecular complexity index is 642. The number of Topliss-reactive ketones (excluding diaryl/α,β-unsaturated/α-hetero) is 1. The molecule has 0 bridgehead atoms. The van der Waals surface area contributed by atoms with Crippen LogP contribution in [0.5, 0.6) is 0 Å². The van der Waals surface area contributed by atoms with E-state index in [4.69, 9.17) is 11.6 Å². The van der Waals surface area contributed by atoms with Gasteiger partial charge in [-0.1, -0.05) is 25.4 Å². The zero-order chi connectivity index (χ0) is 14.9. The number of ketones is 1. The molecule has 108 valence electrons. The maximum atomic E-state index is 12.4. The summed E-state index contributed by atoms with van der Waals surface area (Å²) in [5.41, 5.74) is 3.11. The molecule has 0 aliphatic rings. The zero-order valence-electron chi connectivity index (χ0n) is 12.3. The maximum absolute atomic E-state index is 12.4. The fourth-order valence-corrected chi connectivity index (χ4v) is 2.58. The number of nitrogens with zero attached hydrogens (tertiary/aromatic N) is 4. The number of hydrogen-bond acceptors (Lipinski definition) is 3. The van der Waals surface area contributed by atoms with Gasteiger partial charge in [0.1, 0.15) is 5.69 Å². The molecule has 0 aromatic carbocycles. The molecule has 20 heavy (non-hydrogen) atoms. The average Bonchev–Trinajstić information content (AvgIpc) is 2.93. The van der Waals surface area contributed by atoms with Crippen molar-refractivity contribution < 1.29 is 4.79 Å². The lowest BCUT2D eigenvalue weighted by Gasteiger charge is -2.03. The Morgan fingerprint density at radius 3 is 2.40 bits per heavy atom. The first kappa shape index (κ1) is 14.8. The van der Waals surface area contributed by atoms with Gasteiger partial charge in [-0.15, -0.1) is 0 Å². The van der Waals surface area contributed by atoms with Crippen molar-refractivity contribution in [2.24, 2.45) is 14.1 Å². The fraction of sp³-hybridized carbons (Fsp3) is 0.500. The van der Waals surface area contributed by atoms with Crippen molar-refractivity contribution in [1.82, 2.24) is 19.6 Å². The Morgan fingerprint density at radius 2 is 1.90 bits per heavy atom. The normalized spacial score (nSPS) is 11.1. The predicted molar refractivity (Wildman–Crippen MR) is 78.2 cm³/mol. The van der Waals surface area contributed by atoms with Crippen LogP contribution in [0.4, 0.5) is 0 Å². The molecule has 0 atom stereocenters. The first-order valence-electron chi connectivity index (χ1n) is 6.74. The van der Waals surface area contributed by atoms with Crippen molar-refractivity contribution in [2.45, 2.75) is 33.1 Å². The lowest BCUT2D eigenvalue weighted by Crippen LogP contribution is -2.12. The van der Waals surface area contributed by atoms with Crippen LogP contribution in [0.25, 0.3) is 0 Å². The lowest BCUT2D eigenvalue weighted by molar-refractivity contribution is 0.0981. The molecule has 2 aromatic heterocycles. The molecule has 0 amide bonds. The quantitative estimate of drug-likeness (QED) is 0.796. The summed E-state index contributed by atoms with van der Waals surface area (Å²) in [5.74, 6) is 0.00672. The molecule has 6 heteroatoms. The van der Waals surface area contributed by atoms with E-state index in [2.05, 4.69) is 10.2 Å². The van der Waals surface area contributed by atoms with Crippen molar-refractivity contribution in [3.05, 3.63) is 33.9 Å². The zero-order valence-corrected chi connectivity index (χ0v) is 13.0. The molecule has 0 unspecified atom stereocenters. The minimum absolute atomic E-state index is 0.00672. The van der Waals surface area contributed by atoms with Crippen LogP contribution in [-0.4, -0.2) is 25.3 Å². The largest absolute Gasteiger partial charge is 0.292 e. The van der Waals surface area contributed by atoms with Crippen molar-refractivity contribution in [2.75, 3.05) is 0 Å². The highest BCUT2D eigenvalue weighted by molar-refractivity contribution is 6.32. The molecule has 0 fully saturated rings. The monoisotopic (exact) mass is 294 g/mol. The van der Waals surface area contributed by atoms with Gasteiger partial charge in [0.15, 0.2) is 5.78 Å². The molecular formula is C14H19ClN4O. The third-order valence-electron chi connectivity index (χ3n) is 3.41. The molecule has 0 spiro atoms. The second-order valence-electron chi connectivity index (χ2n) is 4.78. The number of aryl methyl sites for hydroxylation is 4. The van der Waals surface area contributed by atoms with Gasteiger partial charge in [-0.25, -0.2) is 0 Å². The highest BCUT2D eigenvalue weighted by atomic mass is 35.5. The van der Waals surface area contributed by atoms with Gasteiger partial charge in [-0.3, -0.25) is 14.2 Å². The van der Waals surface area contributed by atoms with E-state index >= 15 is 0 Å². The predicted octanol–water partition coefficient (Wildman–Crippen LogP) is 2.36. The smallest absolute Gasteiger partial charge is 0.186 e. The Balaban J connectivity index is 2.27. The Kier molecular flexibility index (Phi) is 4.28. The molecule has 2 rings (SSSR count). The molecule has 2 heterocycles. The van der Waals surface area contributed by atoms with Crippen LogP contribution in [0.1, 0.15) is 41.4 Å². The van der Waals surface area contributed by atoms with Gasteiger partial charge in [0, 0.05) is 14.1 Å². The molecule has 2 aromatic rings. The van der Waals surface area contributed by atoms with E-state index in [0.29, 0.717) is 10.7 Å². The van der Waals surface area contributed by atoms with Crippen LogP contribution in [-0.2, 0) is 33.4 Å². The van der Waals surface area contributed by atoms with E-state index in [9.17, 15) is 4.79 Å². The third-order valence-corrected chi connectivity index (χ3v) is 3.85. The third kappa shape index (κ3) is 2.63. The summed E-state index contributed by atoms with van der Waals surface area (Å²) in [5, 5.41) is 9.23. The molecule has 0 saturated heterocycles. The van der Waals surface area contributed by atoms with Gasteiger partial charge in [-0.2, -0.15) is 10.2 Å². The van der Waals surface area contributed by atoms with Crippen LogP contribution in [0.3, 0.4) is 0 Å². The molecule has 0 saturated carbocycles. The minimum Gasteiger partial charge on any atom is -0.292 e. The molecule has 0 radical (unpaired) electrons. The van der Waals surface area contributed by atoms with Gasteiger partial charge in [0.2, 0.25) is 0 Å². The Labute approximate surface area is 123 Å². The molecule has 0 aliphatic heterocycles. The summed E-state index contributed by atoms with van der Waals surface area (Å²) in [6.07, 6.45) is 1.81. The van der Waals surface area contributed by atoms with Gasteiger partial charge in [0.05, 0.1) is 28.5 Å².